The zero-order chi connectivity index (χ0) is 8.39. The number of rotatable bonds is 2. The van der Waals surface area contributed by atoms with Gasteiger partial charge in [0.25, 0.3) is 0 Å². The van der Waals surface area contributed by atoms with Gasteiger partial charge in [-0.2, -0.15) is 11.3 Å². The quantitative estimate of drug-likeness (QED) is 0.573. The van der Waals surface area contributed by atoms with E-state index < -0.39 is 0 Å². The molecule has 0 atom stereocenters. The van der Waals surface area contributed by atoms with E-state index in [2.05, 4.69) is 15.8 Å². The maximum Gasteiger partial charge on any atom is 0.197 e. The van der Waals surface area contributed by atoms with Crippen molar-refractivity contribution in [2.45, 2.75) is 0 Å². The van der Waals surface area contributed by atoms with Crippen LogP contribution < -0.4 is 11.3 Å². The van der Waals surface area contributed by atoms with Crippen LogP contribution in [0, 0.1) is 0 Å². The monoisotopic (exact) mass is 197 g/mol. The fourth-order valence-corrected chi connectivity index (χ4v) is 2.16. The molecule has 3 N–H and O–H groups in total. The molecular weight excluding hydrogens is 190 g/mol. The zero-order valence-corrected chi connectivity index (χ0v) is 7.78. The summed E-state index contributed by atoms with van der Waals surface area (Å²) < 4.78 is 0. The van der Waals surface area contributed by atoms with E-state index in [1.165, 1.54) is 11.3 Å². The molecule has 0 bridgehead atoms. The van der Waals surface area contributed by atoms with Crippen molar-refractivity contribution in [3.63, 3.8) is 0 Å². The molecule has 0 unspecified atom stereocenters. The molecule has 0 aromatic carbocycles. The molecule has 5 heteroatoms. The van der Waals surface area contributed by atoms with Crippen LogP contribution in [-0.2, 0) is 0 Å². The summed E-state index contributed by atoms with van der Waals surface area (Å²) in [5.74, 6) is 5.22. The van der Waals surface area contributed by atoms with Crippen molar-refractivity contribution in [1.29, 1.82) is 0 Å². The minimum atomic E-state index is 0.746. The molecule has 0 amide bonds. The van der Waals surface area contributed by atoms with Gasteiger partial charge in [-0.1, -0.05) is 0 Å². The molecule has 0 saturated heterocycles. The van der Waals surface area contributed by atoms with E-state index in [4.69, 9.17) is 5.84 Å². The number of nitrogens with zero attached hydrogens (tertiary/aromatic N) is 1. The largest absolute Gasteiger partial charge is 0.300 e. The molecule has 0 spiro atoms. The number of aromatic nitrogens is 1. The van der Waals surface area contributed by atoms with Gasteiger partial charge in [0, 0.05) is 16.3 Å². The van der Waals surface area contributed by atoms with E-state index in [9.17, 15) is 0 Å². The van der Waals surface area contributed by atoms with Gasteiger partial charge < -0.3 is 0 Å². The second-order valence-electron chi connectivity index (χ2n) is 2.19. The van der Waals surface area contributed by atoms with Gasteiger partial charge >= 0.3 is 0 Å². The Morgan fingerprint density at radius 1 is 1.42 bits per heavy atom. The fraction of sp³-hybridized carbons (Fsp3) is 0. The topological polar surface area (TPSA) is 50.9 Å². The number of nitrogens with two attached hydrogens (primary N) is 1. The highest BCUT2D eigenvalue weighted by atomic mass is 32.1. The summed E-state index contributed by atoms with van der Waals surface area (Å²) in [5, 5.41) is 6.83. The molecule has 12 heavy (non-hydrogen) atoms. The first-order valence-corrected chi connectivity index (χ1v) is 5.17. The third kappa shape index (κ3) is 1.34. The minimum Gasteiger partial charge on any atom is -0.300 e. The van der Waals surface area contributed by atoms with E-state index in [0.29, 0.717) is 0 Å². The summed E-state index contributed by atoms with van der Waals surface area (Å²) in [6.07, 6.45) is 0. The predicted molar refractivity (Wildman–Crippen MR) is 53.2 cm³/mol. The standard InChI is InChI=1S/C7H7N3S2/c8-10-7-9-6(4-12-7)5-1-2-11-3-5/h1-4H,8H2,(H,9,10). The van der Waals surface area contributed by atoms with Gasteiger partial charge in [-0.3, -0.25) is 5.43 Å². The number of anilines is 1. The van der Waals surface area contributed by atoms with Crippen LogP contribution in [0.3, 0.4) is 0 Å². The van der Waals surface area contributed by atoms with Crippen molar-refractivity contribution >= 4 is 27.8 Å². The van der Waals surface area contributed by atoms with Crippen LogP contribution >= 0.6 is 22.7 Å². The van der Waals surface area contributed by atoms with Gasteiger partial charge in [0.2, 0.25) is 0 Å². The predicted octanol–water partition coefficient (Wildman–Crippen LogP) is 2.16. The summed E-state index contributed by atoms with van der Waals surface area (Å²) in [6, 6.07) is 2.04. The fourth-order valence-electron chi connectivity index (χ4n) is 0.883. The first-order chi connectivity index (χ1) is 5.90. The van der Waals surface area contributed by atoms with Gasteiger partial charge in [0.05, 0.1) is 5.69 Å². The molecule has 2 rings (SSSR count). The third-order valence-corrected chi connectivity index (χ3v) is 2.90. The average molecular weight is 197 g/mol. The molecule has 2 aromatic rings. The Morgan fingerprint density at radius 3 is 2.92 bits per heavy atom. The SMILES string of the molecule is NNc1nc(-c2ccsc2)cs1. The summed E-state index contributed by atoms with van der Waals surface area (Å²) in [6.45, 7) is 0. The maximum absolute atomic E-state index is 5.22. The molecular formula is C7H7N3S2. The van der Waals surface area contributed by atoms with Gasteiger partial charge in [-0.15, -0.1) is 11.3 Å². The highest BCUT2D eigenvalue weighted by Crippen LogP contribution is 2.25. The number of hydrogen-bond acceptors (Lipinski definition) is 5. The molecule has 3 nitrogen and oxygen atoms in total. The van der Waals surface area contributed by atoms with Gasteiger partial charge in [0.15, 0.2) is 5.13 Å². The molecule has 0 saturated carbocycles. The van der Waals surface area contributed by atoms with Crippen molar-refractivity contribution in [2.24, 2.45) is 5.84 Å². The Kier molecular flexibility index (Phi) is 2.07. The second-order valence-corrected chi connectivity index (χ2v) is 3.83. The number of thiophene rings is 1. The van der Waals surface area contributed by atoms with Crippen molar-refractivity contribution < 1.29 is 0 Å². The number of nitrogens with one attached hydrogen (secondary N) is 1. The lowest BCUT2D eigenvalue weighted by Crippen LogP contribution is -2.05. The number of thiazole rings is 1. The minimum absolute atomic E-state index is 0.746. The molecule has 0 radical (unpaired) electrons. The average Bonchev–Trinajstić information content (AvgIpc) is 2.75. The Labute approximate surface area is 77.8 Å². The smallest absolute Gasteiger partial charge is 0.197 e. The van der Waals surface area contributed by atoms with Crippen molar-refractivity contribution in [1.82, 2.24) is 4.98 Å². The summed E-state index contributed by atoms with van der Waals surface area (Å²) in [4.78, 5) is 4.26. The maximum atomic E-state index is 5.22. The Balaban J connectivity index is 2.35. The van der Waals surface area contributed by atoms with Crippen LogP contribution in [0.1, 0.15) is 0 Å². The lowest BCUT2D eigenvalue weighted by molar-refractivity contribution is 1.29. The molecule has 62 valence electrons. The van der Waals surface area contributed by atoms with Crippen LogP contribution in [0.5, 0.6) is 0 Å². The van der Waals surface area contributed by atoms with Crippen LogP contribution in [0.15, 0.2) is 22.2 Å². The van der Waals surface area contributed by atoms with Crippen LogP contribution in [0.25, 0.3) is 11.3 Å². The van der Waals surface area contributed by atoms with Crippen LogP contribution in [0.2, 0.25) is 0 Å². The van der Waals surface area contributed by atoms with E-state index in [-0.39, 0.29) is 0 Å². The van der Waals surface area contributed by atoms with Crippen LogP contribution in [0.4, 0.5) is 5.13 Å². The van der Waals surface area contributed by atoms with Crippen molar-refractivity contribution in [3.8, 4) is 11.3 Å². The molecule has 2 aromatic heterocycles. The summed E-state index contributed by atoms with van der Waals surface area (Å²) in [7, 11) is 0. The Hall–Kier alpha value is -0.910. The highest BCUT2D eigenvalue weighted by Gasteiger charge is 2.02. The lowest BCUT2D eigenvalue weighted by atomic mass is 10.3. The zero-order valence-electron chi connectivity index (χ0n) is 6.15. The molecule has 0 aliphatic carbocycles. The summed E-state index contributed by atoms with van der Waals surface area (Å²) in [5.41, 5.74) is 4.65. The number of nitrogen functional groups attached to an aromatic ring is 1. The highest BCUT2D eigenvalue weighted by molar-refractivity contribution is 7.14. The molecule has 0 fully saturated rings. The van der Waals surface area contributed by atoms with Gasteiger partial charge in [-0.05, 0) is 11.4 Å². The molecule has 0 aliphatic rings. The lowest BCUT2D eigenvalue weighted by Gasteiger charge is -1.89. The second kappa shape index (κ2) is 3.22. The van der Waals surface area contributed by atoms with E-state index in [1.807, 2.05) is 16.8 Å². The first-order valence-electron chi connectivity index (χ1n) is 3.35. The normalized spacial score (nSPS) is 10.1. The van der Waals surface area contributed by atoms with Gasteiger partial charge in [-0.25, -0.2) is 10.8 Å². The summed E-state index contributed by atoms with van der Waals surface area (Å²) >= 11 is 3.17. The van der Waals surface area contributed by atoms with E-state index in [0.717, 1.165) is 16.4 Å². The Morgan fingerprint density at radius 2 is 2.33 bits per heavy atom. The number of hydrazine groups is 1. The van der Waals surface area contributed by atoms with Crippen LogP contribution in [-0.4, -0.2) is 4.98 Å². The van der Waals surface area contributed by atoms with Crippen molar-refractivity contribution in [3.05, 3.63) is 22.2 Å². The van der Waals surface area contributed by atoms with Crippen molar-refractivity contribution in [2.75, 3.05) is 5.43 Å². The molecule has 0 aliphatic heterocycles. The molecule has 2 heterocycles. The third-order valence-electron chi connectivity index (χ3n) is 1.44. The van der Waals surface area contributed by atoms with E-state index >= 15 is 0 Å². The number of hydrogen-bond donors (Lipinski definition) is 2. The van der Waals surface area contributed by atoms with Gasteiger partial charge in [0.1, 0.15) is 0 Å². The van der Waals surface area contributed by atoms with E-state index in [1.54, 1.807) is 11.3 Å². The first kappa shape index (κ1) is 7.72. The Bertz CT molecular complexity index is 352.